The second-order valence-electron chi connectivity index (χ2n) is 6.19. The van der Waals surface area contributed by atoms with Crippen molar-refractivity contribution in [3.05, 3.63) is 52.5 Å². The lowest BCUT2D eigenvalue weighted by molar-refractivity contribution is 0.102. The van der Waals surface area contributed by atoms with Crippen LogP contribution in [-0.2, 0) is 10.0 Å². The standard InChI is InChI=1S/C18H21BrN2O4S/c1-12(2)9-10-25-17-8-3-13(19)11-16(17)18(22)21-14-4-6-15(7-5-14)26(20,23)24/h3-8,11-12H,9-10H2,1-2H3,(H,21,22)(H2,20,23,24). The van der Waals surface area contributed by atoms with Crippen molar-refractivity contribution < 1.29 is 17.9 Å². The minimum atomic E-state index is -3.77. The Morgan fingerprint density at radius 3 is 2.42 bits per heavy atom. The van der Waals surface area contributed by atoms with Crippen LogP contribution in [0.25, 0.3) is 0 Å². The van der Waals surface area contributed by atoms with Gasteiger partial charge in [-0.05, 0) is 54.8 Å². The van der Waals surface area contributed by atoms with Crippen LogP contribution >= 0.6 is 15.9 Å². The average Bonchev–Trinajstić information content (AvgIpc) is 2.55. The molecule has 0 atom stereocenters. The Morgan fingerprint density at radius 1 is 1.19 bits per heavy atom. The first-order valence-electron chi connectivity index (χ1n) is 8.03. The van der Waals surface area contributed by atoms with Gasteiger partial charge in [-0.1, -0.05) is 29.8 Å². The van der Waals surface area contributed by atoms with Gasteiger partial charge in [-0.25, -0.2) is 13.6 Å². The summed E-state index contributed by atoms with van der Waals surface area (Å²) in [5.41, 5.74) is 0.842. The Balaban J connectivity index is 2.16. The summed E-state index contributed by atoms with van der Waals surface area (Å²) in [5, 5.41) is 7.79. The second-order valence-corrected chi connectivity index (χ2v) is 8.67. The molecule has 0 heterocycles. The summed E-state index contributed by atoms with van der Waals surface area (Å²) in [5.74, 6) is 0.641. The highest BCUT2D eigenvalue weighted by Crippen LogP contribution is 2.25. The Labute approximate surface area is 161 Å². The third kappa shape index (κ3) is 5.82. The molecule has 8 heteroatoms. The van der Waals surface area contributed by atoms with Crippen molar-refractivity contribution >= 4 is 37.5 Å². The van der Waals surface area contributed by atoms with E-state index in [4.69, 9.17) is 9.88 Å². The molecule has 2 aromatic carbocycles. The lowest BCUT2D eigenvalue weighted by Gasteiger charge is -2.13. The number of halogens is 1. The molecule has 0 aliphatic carbocycles. The predicted molar refractivity (Wildman–Crippen MR) is 105 cm³/mol. The molecule has 2 rings (SSSR count). The van der Waals surface area contributed by atoms with Crippen molar-refractivity contribution in [3.63, 3.8) is 0 Å². The largest absolute Gasteiger partial charge is 0.493 e. The first kappa shape index (κ1) is 20.4. The summed E-state index contributed by atoms with van der Waals surface area (Å²) in [6, 6.07) is 10.9. The summed E-state index contributed by atoms with van der Waals surface area (Å²) in [4.78, 5) is 12.6. The van der Waals surface area contributed by atoms with Gasteiger partial charge in [0.25, 0.3) is 5.91 Å². The number of hydrogen-bond acceptors (Lipinski definition) is 4. The quantitative estimate of drug-likeness (QED) is 0.683. The maximum Gasteiger partial charge on any atom is 0.259 e. The predicted octanol–water partition coefficient (Wildman–Crippen LogP) is 3.77. The Hall–Kier alpha value is -1.90. The van der Waals surface area contributed by atoms with Crippen molar-refractivity contribution in [2.75, 3.05) is 11.9 Å². The highest BCUT2D eigenvalue weighted by Gasteiger charge is 2.15. The number of anilines is 1. The molecule has 0 aliphatic heterocycles. The molecule has 0 aliphatic rings. The van der Waals surface area contributed by atoms with Crippen molar-refractivity contribution in [1.82, 2.24) is 0 Å². The molecule has 26 heavy (non-hydrogen) atoms. The van der Waals surface area contributed by atoms with Gasteiger partial charge in [0, 0.05) is 10.2 Å². The fourth-order valence-electron chi connectivity index (χ4n) is 2.14. The fourth-order valence-corrected chi connectivity index (χ4v) is 3.01. The molecule has 0 saturated carbocycles. The second kappa shape index (κ2) is 8.66. The van der Waals surface area contributed by atoms with Crippen LogP contribution in [0.2, 0.25) is 0 Å². The van der Waals surface area contributed by atoms with Crippen LogP contribution in [0.5, 0.6) is 5.75 Å². The third-order valence-electron chi connectivity index (χ3n) is 3.58. The highest BCUT2D eigenvalue weighted by molar-refractivity contribution is 9.10. The summed E-state index contributed by atoms with van der Waals surface area (Å²) >= 11 is 3.36. The molecule has 3 N–H and O–H groups in total. The van der Waals surface area contributed by atoms with Gasteiger partial charge in [-0.15, -0.1) is 0 Å². The molecule has 0 aromatic heterocycles. The van der Waals surface area contributed by atoms with Crippen LogP contribution in [-0.4, -0.2) is 20.9 Å². The molecule has 0 bridgehead atoms. The molecular weight excluding hydrogens is 420 g/mol. The summed E-state index contributed by atoms with van der Waals surface area (Å²) in [6.45, 7) is 4.72. The lowest BCUT2D eigenvalue weighted by Crippen LogP contribution is -2.15. The van der Waals surface area contributed by atoms with Crippen LogP contribution in [0.3, 0.4) is 0 Å². The smallest absolute Gasteiger partial charge is 0.259 e. The number of carbonyl (C=O) groups is 1. The van der Waals surface area contributed by atoms with E-state index in [0.717, 1.165) is 10.9 Å². The number of carbonyl (C=O) groups excluding carboxylic acids is 1. The maximum atomic E-state index is 12.6. The van der Waals surface area contributed by atoms with Gasteiger partial charge in [0.05, 0.1) is 17.1 Å². The van der Waals surface area contributed by atoms with Crippen LogP contribution in [0, 0.1) is 5.92 Å². The Bertz CT molecular complexity index is 881. The Morgan fingerprint density at radius 2 is 1.85 bits per heavy atom. The monoisotopic (exact) mass is 440 g/mol. The number of benzene rings is 2. The molecule has 0 fully saturated rings. The molecule has 0 saturated heterocycles. The van der Waals surface area contributed by atoms with E-state index < -0.39 is 10.0 Å². The summed E-state index contributed by atoms with van der Waals surface area (Å²) in [6.07, 6.45) is 0.881. The number of nitrogens with two attached hydrogens (primary N) is 1. The van der Waals surface area contributed by atoms with Crippen LogP contribution in [0.4, 0.5) is 5.69 Å². The molecule has 2 aromatic rings. The number of ether oxygens (including phenoxy) is 1. The van der Waals surface area contributed by atoms with E-state index in [1.807, 2.05) is 6.07 Å². The third-order valence-corrected chi connectivity index (χ3v) is 5.00. The van der Waals surface area contributed by atoms with Crippen molar-refractivity contribution in [3.8, 4) is 5.75 Å². The van der Waals surface area contributed by atoms with Gasteiger partial charge >= 0.3 is 0 Å². The number of rotatable bonds is 7. The number of amides is 1. The molecule has 6 nitrogen and oxygen atoms in total. The zero-order valence-electron chi connectivity index (χ0n) is 14.5. The molecule has 140 valence electrons. The zero-order chi connectivity index (χ0) is 19.3. The minimum absolute atomic E-state index is 0.0179. The van der Waals surface area contributed by atoms with Gasteiger partial charge < -0.3 is 10.1 Å². The SMILES string of the molecule is CC(C)CCOc1ccc(Br)cc1C(=O)Nc1ccc(S(N)(=O)=O)cc1. The lowest BCUT2D eigenvalue weighted by atomic mass is 10.1. The van der Waals surface area contributed by atoms with Gasteiger partial charge in [0.1, 0.15) is 5.75 Å². The minimum Gasteiger partial charge on any atom is -0.493 e. The Kier molecular flexibility index (Phi) is 6.80. The van der Waals surface area contributed by atoms with Crippen molar-refractivity contribution in [2.45, 2.75) is 25.2 Å². The van der Waals surface area contributed by atoms with E-state index in [0.29, 0.717) is 29.5 Å². The van der Waals surface area contributed by atoms with E-state index in [1.165, 1.54) is 24.3 Å². The maximum absolute atomic E-state index is 12.6. The van der Waals surface area contributed by atoms with Crippen LogP contribution in [0.15, 0.2) is 51.8 Å². The molecule has 1 amide bonds. The van der Waals surface area contributed by atoms with Crippen LogP contribution < -0.4 is 15.2 Å². The highest BCUT2D eigenvalue weighted by atomic mass is 79.9. The van der Waals surface area contributed by atoms with Crippen molar-refractivity contribution in [2.24, 2.45) is 11.1 Å². The fraction of sp³-hybridized carbons (Fsp3) is 0.278. The molecule has 0 radical (unpaired) electrons. The van der Waals surface area contributed by atoms with E-state index >= 15 is 0 Å². The van der Waals surface area contributed by atoms with Crippen LogP contribution in [0.1, 0.15) is 30.6 Å². The van der Waals surface area contributed by atoms with Crippen molar-refractivity contribution in [1.29, 1.82) is 0 Å². The number of primary sulfonamides is 1. The first-order valence-corrected chi connectivity index (χ1v) is 10.4. The molecule has 0 unspecified atom stereocenters. The number of nitrogens with one attached hydrogen (secondary N) is 1. The summed E-state index contributed by atoms with van der Waals surface area (Å²) in [7, 11) is -3.77. The summed E-state index contributed by atoms with van der Waals surface area (Å²) < 4.78 is 29.1. The van der Waals surface area contributed by atoms with Gasteiger partial charge in [-0.3, -0.25) is 4.79 Å². The van der Waals surface area contributed by atoms with Gasteiger partial charge in [-0.2, -0.15) is 0 Å². The normalized spacial score (nSPS) is 11.4. The topological polar surface area (TPSA) is 98.5 Å². The molecule has 0 spiro atoms. The van der Waals surface area contributed by atoms with E-state index in [1.54, 1.807) is 12.1 Å². The van der Waals surface area contributed by atoms with Gasteiger partial charge in [0.2, 0.25) is 10.0 Å². The molecular formula is C18H21BrN2O4S. The first-order chi connectivity index (χ1) is 12.2. The van der Waals surface area contributed by atoms with Gasteiger partial charge in [0.15, 0.2) is 0 Å². The number of hydrogen-bond donors (Lipinski definition) is 2. The van der Waals surface area contributed by atoms with E-state index in [-0.39, 0.29) is 10.8 Å². The number of sulfonamides is 1. The van der Waals surface area contributed by atoms with E-state index in [9.17, 15) is 13.2 Å². The average molecular weight is 441 g/mol. The zero-order valence-corrected chi connectivity index (χ0v) is 16.9. The van der Waals surface area contributed by atoms with E-state index in [2.05, 4.69) is 35.1 Å².